The number of rotatable bonds is 0. The van der Waals surface area contributed by atoms with Gasteiger partial charge in [-0.25, -0.2) is 0 Å². The minimum Gasteiger partial charge on any atom is -0.870 e. The maximum Gasteiger partial charge on any atom is 2.00 e. The smallest absolute Gasteiger partial charge is 0.870 e. The molecule has 0 fully saturated rings. The molecule has 0 aliphatic carbocycles. The molecular formula is CHBaCaO4+. The van der Waals surface area contributed by atoms with Crippen LogP contribution in [0.3, 0.4) is 0 Å². The summed E-state index contributed by atoms with van der Waals surface area (Å²) in [7, 11) is 0. The van der Waals surface area contributed by atoms with Gasteiger partial charge in [0.05, 0.1) is 0 Å². The zero-order valence-corrected chi connectivity index (χ0v) is 10.2. The number of hydrogen-bond donors (Lipinski definition) is 0. The quantitative estimate of drug-likeness (QED) is 0.421. The van der Waals surface area contributed by atoms with Gasteiger partial charge < -0.3 is 20.5 Å². The van der Waals surface area contributed by atoms with Crippen molar-refractivity contribution in [2.75, 3.05) is 0 Å². The van der Waals surface area contributed by atoms with Crippen LogP contribution in [0.15, 0.2) is 0 Å². The first-order chi connectivity index (χ1) is 1.73. The first-order valence-corrected chi connectivity index (χ1v) is 0.612. The summed E-state index contributed by atoms with van der Waals surface area (Å²) in [4.78, 5) is 8.33. The fourth-order valence-electron chi connectivity index (χ4n) is 0. The van der Waals surface area contributed by atoms with E-state index in [1.165, 1.54) is 0 Å². The van der Waals surface area contributed by atoms with Crippen molar-refractivity contribution >= 4 is 92.8 Å². The van der Waals surface area contributed by atoms with Gasteiger partial charge in [0, 0.05) is 0 Å². The number of carbonyl (C=O) groups excluding carboxylic acids is 1. The monoisotopic (exact) mass is 255 g/mol. The van der Waals surface area contributed by atoms with Crippen LogP contribution in [0.25, 0.3) is 0 Å². The van der Waals surface area contributed by atoms with Gasteiger partial charge in [-0.05, 0) is 6.16 Å². The summed E-state index contributed by atoms with van der Waals surface area (Å²) in [6, 6.07) is 0. The molecule has 0 aliphatic heterocycles. The fourth-order valence-corrected chi connectivity index (χ4v) is 0. The number of carbonyl (C=O) groups is 1. The Morgan fingerprint density at radius 2 is 1.29 bits per heavy atom. The molecule has 32 valence electrons. The van der Waals surface area contributed by atoms with Crippen molar-refractivity contribution in [3.63, 3.8) is 0 Å². The standard InChI is InChI=1S/CH2O3.Ba.Ca.H2O/c2-1(3)4;;;/h(H2,2,3,4);;;1H2/q;2*+2;/p-3. The minimum atomic E-state index is -2.33. The largest absolute Gasteiger partial charge is 2.00 e. The first kappa shape index (κ1) is 23.0. The van der Waals surface area contributed by atoms with Gasteiger partial charge in [-0.1, -0.05) is 0 Å². The summed E-state index contributed by atoms with van der Waals surface area (Å²) < 4.78 is 0. The van der Waals surface area contributed by atoms with Gasteiger partial charge in [-0.2, -0.15) is 0 Å². The van der Waals surface area contributed by atoms with Crippen molar-refractivity contribution in [3.05, 3.63) is 0 Å². The van der Waals surface area contributed by atoms with E-state index < -0.39 is 6.16 Å². The van der Waals surface area contributed by atoms with E-state index in [0.717, 1.165) is 0 Å². The van der Waals surface area contributed by atoms with Gasteiger partial charge in [0.25, 0.3) is 0 Å². The van der Waals surface area contributed by atoms with Crippen LogP contribution >= 0.6 is 0 Å². The molecule has 0 bridgehead atoms. The van der Waals surface area contributed by atoms with Crippen LogP contribution < -0.4 is 10.2 Å². The summed E-state index contributed by atoms with van der Waals surface area (Å²) in [5.41, 5.74) is 0. The molecule has 1 N–H and O–H groups in total. The average molecular weight is 254 g/mol. The van der Waals surface area contributed by atoms with Crippen molar-refractivity contribution in [2.24, 2.45) is 0 Å². The molecule has 0 unspecified atom stereocenters. The molecule has 0 aromatic rings. The van der Waals surface area contributed by atoms with Crippen molar-refractivity contribution in [1.29, 1.82) is 0 Å². The van der Waals surface area contributed by atoms with E-state index in [2.05, 4.69) is 0 Å². The second kappa shape index (κ2) is 15.7. The SMILES string of the molecule is O=C([O-])[O-].[Ba+2].[Ca+2].[OH-]. The van der Waals surface area contributed by atoms with Crippen LogP contribution in [-0.4, -0.2) is 98.3 Å². The summed E-state index contributed by atoms with van der Waals surface area (Å²) in [5, 5.41) is 16.7. The predicted octanol–water partition coefficient (Wildman–Crippen LogP) is -3.39. The van der Waals surface area contributed by atoms with Crippen LogP contribution in [0.1, 0.15) is 0 Å². The second-order valence-corrected chi connectivity index (χ2v) is 0.250. The Morgan fingerprint density at radius 1 is 1.29 bits per heavy atom. The van der Waals surface area contributed by atoms with Gasteiger partial charge in [-0.3, -0.25) is 0 Å². The van der Waals surface area contributed by atoms with Crippen LogP contribution in [0, 0.1) is 0 Å². The Kier molecular flexibility index (Phi) is 51.5. The van der Waals surface area contributed by atoms with Crippen molar-refractivity contribution in [1.82, 2.24) is 0 Å². The Balaban J connectivity index is -0.0000000150. The molecule has 0 amide bonds. The molecular weight excluding hydrogens is 253 g/mol. The molecule has 0 aliphatic rings. The van der Waals surface area contributed by atoms with Gasteiger partial charge >= 0.3 is 86.6 Å². The van der Waals surface area contributed by atoms with E-state index in [0.29, 0.717) is 0 Å². The average Bonchev–Trinajstić information content (AvgIpc) is 0.811. The van der Waals surface area contributed by atoms with E-state index in [9.17, 15) is 0 Å². The fraction of sp³-hybridized carbons (Fsp3) is 0. The third-order valence-electron chi connectivity index (χ3n) is 0. The molecule has 0 aromatic heterocycles. The molecule has 0 rings (SSSR count). The van der Waals surface area contributed by atoms with Crippen LogP contribution in [0.5, 0.6) is 0 Å². The minimum absolute atomic E-state index is 0. The molecule has 0 heterocycles. The molecule has 0 radical (unpaired) electrons. The van der Waals surface area contributed by atoms with E-state index in [4.69, 9.17) is 15.0 Å². The van der Waals surface area contributed by atoms with Gasteiger partial charge in [0.1, 0.15) is 0 Å². The maximum absolute atomic E-state index is 8.33. The number of carboxylic acid groups (broad SMARTS) is 2. The van der Waals surface area contributed by atoms with Crippen LogP contribution in [0.4, 0.5) is 4.79 Å². The van der Waals surface area contributed by atoms with E-state index in [1.54, 1.807) is 0 Å². The van der Waals surface area contributed by atoms with E-state index in [1.807, 2.05) is 0 Å². The van der Waals surface area contributed by atoms with Gasteiger partial charge in [0.2, 0.25) is 0 Å². The molecule has 6 heteroatoms. The van der Waals surface area contributed by atoms with Crippen molar-refractivity contribution in [3.8, 4) is 0 Å². The third kappa shape index (κ3) is 69.7. The summed E-state index contributed by atoms with van der Waals surface area (Å²) >= 11 is 0. The topological polar surface area (TPSA) is 93.2 Å². The molecule has 4 nitrogen and oxygen atoms in total. The van der Waals surface area contributed by atoms with Gasteiger partial charge in [-0.15, -0.1) is 0 Å². The first-order valence-electron chi connectivity index (χ1n) is 0.612. The van der Waals surface area contributed by atoms with Crippen LogP contribution in [-0.2, 0) is 0 Å². The van der Waals surface area contributed by atoms with E-state index in [-0.39, 0.29) is 92.1 Å². The molecule has 0 aromatic carbocycles. The Hall–Kier alpha value is 2.06. The van der Waals surface area contributed by atoms with Crippen molar-refractivity contribution in [2.45, 2.75) is 0 Å². The Morgan fingerprint density at radius 3 is 1.29 bits per heavy atom. The maximum atomic E-state index is 8.33. The van der Waals surface area contributed by atoms with E-state index >= 15 is 0 Å². The Bertz CT molecular complexity index is 34.7. The normalized spacial score (nSPS) is 3.43. The van der Waals surface area contributed by atoms with Crippen molar-refractivity contribution < 1.29 is 20.5 Å². The molecule has 7 heavy (non-hydrogen) atoms. The molecule has 0 saturated heterocycles. The molecule has 0 saturated carbocycles. The molecule has 0 spiro atoms. The van der Waals surface area contributed by atoms with Crippen LogP contribution in [0.2, 0.25) is 0 Å². The summed E-state index contributed by atoms with van der Waals surface area (Å²) in [6.45, 7) is 0. The number of hydrogen-bond acceptors (Lipinski definition) is 4. The summed E-state index contributed by atoms with van der Waals surface area (Å²) in [6.07, 6.45) is -2.33. The zero-order valence-electron chi connectivity index (χ0n) is 3.59. The second-order valence-electron chi connectivity index (χ2n) is 0.250. The predicted molar refractivity (Wildman–Crippen MR) is 18.8 cm³/mol. The Labute approximate surface area is 111 Å². The zero-order chi connectivity index (χ0) is 3.58. The molecule has 0 atom stereocenters. The van der Waals surface area contributed by atoms with Gasteiger partial charge in [0.15, 0.2) is 0 Å². The third-order valence-corrected chi connectivity index (χ3v) is 0. The summed E-state index contributed by atoms with van der Waals surface area (Å²) in [5.74, 6) is 0.